The molecule has 8 heteroatoms. The summed E-state index contributed by atoms with van der Waals surface area (Å²) in [6, 6.07) is 25.0. The lowest BCUT2D eigenvalue weighted by Gasteiger charge is -2.26. The van der Waals surface area contributed by atoms with E-state index in [9.17, 15) is 0 Å². The number of hydrogen-bond acceptors (Lipinski definition) is 5. The summed E-state index contributed by atoms with van der Waals surface area (Å²) >= 11 is 12.4. The summed E-state index contributed by atoms with van der Waals surface area (Å²) in [5.41, 5.74) is 2.70. The molecule has 1 N–H and O–H groups in total. The lowest BCUT2D eigenvalue weighted by molar-refractivity contribution is 0.146. The first-order valence-corrected chi connectivity index (χ1v) is 12.0. The van der Waals surface area contributed by atoms with Crippen molar-refractivity contribution in [3.05, 3.63) is 102 Å². The molecule has 178 valence electrons. The molecular weight excluding hydrogens is 482 g/mol. The number of aromatic nitrogens is 1. The van der Waals surface area contributed by atoms with Crippen molar-refractivity contribution < 1.29 is 13.9 Å². The van der Waals surface area contributed by atoms with Gasteiger partial charge in [-0.3, -0.25) is 4.98 Å². The predicted molar refractivity (Wildman–Crippen MR) is 141 cm³/mol. The van der Waals surface area contributed by atoms with E-state index in [0.717, 1.165) is 28.5 Å². The highest BCUT2D eigenvalue weighted by atomic mass is 35.5. The van der Waals surface area contributed by atoms with E-state index >= 15 is 0 Å². The third-order valence-corrected chi connectivity index (χ3v) is 6.42. The molecule has 1 fully saturated rings. The van der Waals surface area contributed by atoms with Crippen LogP contribution in [0.2, 0.25) is 5.02 Å². The molecule has 2 aromatic carbocycles. The molecule has 0 bridgehead atoms. The van der Waals surface area contributed by atoms with Crippen LogP contribution < -0.4 is 15.0 Å². The van der Waals surface area contributed by atoms with Crippen LogP contribution in [0.15, 0.2) is 89.5 Å². The van der Waals surface area contributed by atoms with E-state index in [1.807, 2.05) is 83.8 Å². The molecule has 0 radical (unpaired) electrons. The van der Waals surface area contributed by atoms with Gasteiger partial charge in [0.25, 0.3) is 0 Å². The Kier molecular flexibility index (Phi) is 6.99. The number of pyridine rings is 1. The Labute approximate surface area is 214 Å². The van der Waals surface area contributed by atoms with E-state index in [1.54, 1.807) is 13.3 Å². The predicted octanol–water partition coefficient (Wildman–Crippen LogP) is 6.20. The van der Waals surface area contributed by atoms with Gasteiger partial charge in [0.15, 0.2) is 5.11 Å². The van der Waals surface area contributed by atoms with Gasteiger partial charge in [-0.2, -0.15) is 0 Å². The number of ether oxygens (including phenoxy) is 2. The monoisotopic (exact) mass is 505 g/mol. The zero-order chi connectivity index (χ0) is 24.2. The second kappa shape index (κ2) is 10.5. The Balaban J connectivity index is 1.53. The van der Waals surface area contributed by atoms with Gasteiger partial charge in [-0.05, 0) is 54.7 Å². The van der Waals surface area contributed by atoms with Crippen molar-refractivity contribution in [2.24, 2.45) is 0 Å². The van der Waals surface area contributed by atoms with Crippen LogP contribution in [0.1, 0.15) is 23.5 Å². The standard InChI is InChI=1S/C27H24ClN3O3S/c1-32-15-16-33-23-11-10-19(17-20(23)28)31-26(25(30-27(31)35)21-9-5-6-14-29-21)24-13-12-22(34-24)18-7-3-2-4-8-18/h2-14,17,25-26H,15-16H2,1H3,(H,30,35)/t25-,26+/m1/s1. The van der Waals surface area contributed by atoms with Crippen LogP contribution in [0, 0.1) is 0 Å². The number of benzene rings is 2. The summed E-state index contributed by atoms with van der Waals surface area (Å²) in [5.74, 6) is 2.15. The highest BCUT2D eigenvalue weighted by Gasteiger charge is 2.42. The van der Waals surface area contributed by atoms with Crippen LogP contribution in [0.4, 0.5) is 5.69 Å². The molecule has 5 rings (SSSR count). The Morgan fingerprint density at radius 1 is 1.03 bits per heavy atom. The SMILES string of the molecule is COCCOc1ccc(N2C(=S)N[C@H](c3ccccn3)[C@@H]2c2ccc(-c3ccccc3)o2)cc1Cl. The maximum Gasteiger partial charge on any atom is 0.174 e. The van der Waals surface area contributed by atoms with Crippen molar-refractivity contribution in [2.75, 3.05) is 25.2 Å². The van der Waals surface area contributed by atoms with Crippen LogP contribution in [-0.4, -0.2) is 30.4 Å². The van der Waals surface area contributed by atoms with Crippen LogP contribution in [0.5, 0.6) is 5.75 Å². The highest BCUT2D eigenvalue weighted by molar-refractivity contribution is 7.80. The largest absolute Gasteiger partial charge is 0.490 e. The molecule has 0 aliphatic carbocycles. The zero-order valence-corrected chi connectivity index (χ0v) is 20.6. The lowest BCUT2D eigenvalue weighted by atomic mass is 10.0. The minimum absolute atomic E-state index is 0.213. The number of methoxy groups -OCH3 is 1. The number of anilines is 1. The summed E-state index contributed by atoms with van der Waals surface area (Å²) in [6.45, 7) is 0.895. The summed E-state index contributed by atoms with van der Waals surface area (Å²) in [7, 11) is 1.63. The first-order valence-electron chi connectivity index (χ1n) is 11.2. The maximum absolute atomic E-state index is 6.57. The van der Waals surface area contributed by atoms with E-state index in [2.05, 4.69) is 10.3 Å². The third-order valence-electron chi connectivity index (χ3n) is 5.81. The molecule has 2 atom stereocenters. The summed E-state index contributed by atoms with van der Waals surface area (Å²) in [6.07, 6.45) is 1.78. The van der Waals surface area contributed by atoms with Gasteiger partial charge in [0.05, 0.1) is 23.4 Å². The van der Waals surface area contributed by atoms with E-state index in [4.69, 9.17) is 37.7 Å². The van der Waals surface area contributed by atoms with Crippen molar-refractivity contribution in [1.29, 1.82) is 0 Å². The van der Waals surface area contributed by atoms with Crippen molar-refractivity contribution in [1.82, 2.24) is 10.3 Å². The van der Waals surface area contributed by atoms with Crippen LogP contribution in [0.3, 0.4) is 0 Å². The Hall–Kier alpha value is -3.39. The minimum Gasteiger partial charge on any atom is -0.490 e. The van der Waals surface area contributed by atoms with Crippen molar-refractivity contribution in [2.45, 2.75) is 12.1 Å². The molecule has 0 unspecified atom stereocenters. The average Bonchev–Trinajstić information content (AvgIpc) is 3.51. The first kappa shape index (κ1) is 23.4. The van der Waals surface area contributed by atoms with Gasteiger partial charge in [0.1, 0.15) is 29.9 Å². The second-order valence-electron chi connectivity index (χ2n) is 8.02. The van der Waals surface area contributed by atoms with Gasteiger partial charge in [-0.15, -0.1) is 0 Å². The van der Waals surface area contributed by atoms with Gasteiger partial charge in [0.2, 0.25) is 0 Å². The minimum atomic E-state index is -0.272. The van der Waals surface area contributed by atoms with E-state index in [1.165, 1.54) is 0 Å². The number of nitrogens with one attached hydrogen (secondary N) is 1. The van der Waals surface area contributed by atoms with Gasteiger partial charge in [0, 0.05) is 24.6 Å². The normalized spacial score (nSPS) is 17.4. The lowest BCUT2D eigenvalue weighted by Crippen LogP contribution is -2.29. The fraction of sp³-hybridized carbons (Fsp3) is 0.185. The Morgan fingerprint density at radius 2 is 1.86 bits per heavy atom. The topological polar surface area (TPSA) is 59.8 Å². The summed E-state index contributed by atoms with van der Waals surface area (Å²) in [5, 5.41) is 4.49. The van der Waals surface area contributed by atoms with Gasteiger partial charge in [-0.1, -0.05) is 48.0 Å². The molecule has 1 aliphatic heterocycles. The van der Waals surface area contributed by atoms with E-state index < -0.39 is 0 Å². The summed E-state index contributed by atoms with van der Waals surface area (Å²) in [4.78, 5) is 6.61. The number of rotatable bonds is 8. The van der Waals surface area contributed by atoms with E-state index in [-0.39, 0.29) is 12.1 Å². The molecule has 0 spiro atoms. The quantitative estimate of drug-likeness (QED) is 0.226. The fourth-order valence-electron chi connectivity index (χ4n) is 4.18. The highest BCUT2D eigenvalue weighted by Crippen LogP contribution is 2.44. The van der Waals surface area contributed by atoms with Crippen LogP contribution in [-0.2, 0) is 4.74 Å². The number of thiocarbonyl (C=S) groups is 1. The molecule has 35 heavy (non-hydrogen) atoms. The zero-order valence-electron chi connectivity index (χ0n) is 19.1. The van der Waals surface area contributed by atoms with Crippen LogP contribution >= 0.6 is 23.8 Å². The molecule has 4 aromatic rings. The second-order valence-corrected chi connectivity index (χ2v) is 8.81. The van der Waals surface area contributed by atoms with Crippen LogP contribution in [0.25, 0.3) is 11.3 Å². The van der Waals surface area contributed by atoms with E-state index in [0.29, 0.717) is 29.1 Å². The Bertz CT molecular complexity index is 1300. The van der Waals surface area contributed by atoms with Crippen molar-refractivity contribution in [3.63, 3.8) is 0 Å². The maximum atomic E-state index is 6.57. The average molecular weight is 506 g/mol. The first-order chi connectivity index (χ1) is 17.2. The molecule has 1 saturated heterocycles. The summed E-state index contributed by atoms with van der Waals surface area (Å²) < 4.78 is 17.2. The molecule has 2 aromatic heterocycles. The molecular formula is C27H24ClN3O3S. The molecule has 0 saturated carbocycles. The number of halogens is 1. The Morgan fingerprint density at radius 3 is 2.60 bits per heavy atom. The third kappa shape index (κ3) is 4.89. The van der Waals surface area contributed by atoms with Crippen molar-refractivity contribution in [3.8, 4) is 17.1 Å². The molecule has 6 nitrogen and oxygen atoms in total. The molecule has 0 amide bonds. The fourth-order valence-corrected chi connectivity index (χ4v) is 4.76. The number of hydrogen-bond donors (Lipinski definition) is 1. The molecule has 3 heterocycles. The smallest absolute Gasteiger partial charge is 0.174 e. The number of nitrogens with zero attached hydrogens (tertiary/aromatic N) is 2. The van der Waals surface area contributed by atoms with Gasteiger partial charge < -0.3 is 24.1 Å². The van der Waals surface area contributed by atoms with Gasteiger partial charge >= 0.3 is 0 Å². The van der Waals surface area contributed by atoms with Crippen molar-refractivity contribution >= 4 is 34.6 Å². The van der Waals surface area contributed by atoms with Gasteiger partial charge in [-0.25, -0.2) is 0 Å². The molecule has 1 aliphatic rings. The number of furan rings is 1.